The Balaban J connectivity index is 1.24. The second-order valence-corrected chi connectivity index (χ2v) is 10.1. The van der Waals surface area contributed by atoms with E-state index in [0.29, 0.717) is 17.8 Å². The standard InChI is InChI=1S/C29H34N6O/c1-33-17-19-34(20-18-33)23-11-7-22(8-12-23)29-32-26(27-28(30)31-15-16-35(27)29)21-9-13-25(14-10-21)36-24-5-3-2-4-6-24/h2-6,9-10,13-16,22-23H,7-8,11-12,17-20H2,1H3,(H2,30,31). The molecule has 2 aromatic carbocycles. The van der Waals surface area contributed by atoms with E-state index >= 15 is 0 Å². The summed E-state index contributed by atoms with van der Waals surface area (Å²) in [5.41, 5.74) is 9.20. The normalized spacial score (nSPS) is 21.6. The lowest BCUT2D eigenvalue weighted by Crippen LogP contribution is -2.49. The van der Waals surface area contributed by atoms with E-state index in [1.54, 1.807) is 6.20 Å². The minimum absolute atomic E-state index is 0.428. The zero-order chi connectivity index (χ0) is 24.5. The lowest BCUT2D eigenvalue weighted by molar-refractivity contribution is 0.0872. The Morgan fingerprint density at radius 1 is 0.861 bits per heavy atom. The van der Waals surface area contributed by atoms with Crippen LogP contribution in [0.4, 0.5) is 5.82 Å². The van der Waals surface area contributed by atoms with Gasteiger partial charge in [-0.05, 0) is 69.1 Å². The van der Waals surface area contributed by atoms with Gasteiger partial charge in [0.25, 0.3) is 0 Å². The van der Waals surface area contributed by atoms with Gasteiger partial charge in [-0.25, -0.2) is 9.97 Å². The van der Waals surface area contributed by atoms with Crippen molar-refractivity contribution in [3.05, 3.63) is 72.8 Å². The van der Waals surface area contributed by atoms with Crippen LogP contribution in [0.1, 0.15) is 37.4 Å². The second-order valence-electron chi connectivity index (χ2n) is 10.1. The highest BCUT2D eigenvalue weighted by atomic mass is 16.5. The first-order chi connectivity index (χ1) is 17.7. The minimum atomic E-state index is 0.428. The highest BCUT2D eigenvalue weighted by Gasteiger charge is 2.31. The number of benzene rings is 2. The Labute approximate surface area is 212 Å². The third-order valence-electron chi connectivity index (χ3n) is 7.83. The van der Waals surface area contributed by atoms with E-state index in [2.05, 4.69) is 38.4 Å². The van der Waals surface area contributed by atoms with Crippen LogP contribution < -0.4 is 10.5 Å². The van der Waals surface area contributed by atoms with Gasteiger partial charge in [-0.2, -0.15) is 0 Å². The Kier molecular flexibility index (Phi) is 6.34. The summed E-state index contributed by atoms with van der Waals surface area (Å²) in [5, 5.41) is 0. The lowest BCUT2D eigenvalue weighted by atomic mass is 9.84. The second kappa shape index (κ2) is 9.91. The molecule has 0 bridgehead atoms. The molecule has 2 fully saturated rings. The fourth-order valence-corrected chi connectivity index (χ4v) is 5.77. The van der Waals surface area contributed by atoms with Crippen molar-refractivity contribution in [2.75, 3.05) is 39.0 Å². The van der Waals surface area contributed by atoms with E-state index in [0.717, 1.165) is 46.9 Å². The number of nitrogen functional groups attached to an aromatic ring is 1. The van der Waals surface area contributed by atoms with Gasteiger partial charge in [0.05, 0.1) is 0 Å². The van der Waals surface area contributed by atoms with E-state index in [4.69, 9.17) is 15.5 Å². The number of aromatic nitrogens is 3. The van der Waals surface area contributed by atoms with Gasteiger partial charge in [-0.1, -0.05) is 18.2 Å². The SMILES string of the molecule is CN1CCN(C2CCC(c3nc(-c4ccc(Oc5ccccc5)cc4)c4c(N)nccn34)CC2)CC1. The van der Waals surface area contributed by atoms with Crippen LogP contribution in [0.2, 0.25) is 0 Å². The molecule has 1 saturated carbocycles. The topological polar surface area (TPSA) is 71.9 Å². The molecule has 0 unspecified atom stereocenters. The van der Waals surface area contributed by atoms with Crippen LogP contribution in [0, 0.1) is 0 Å². The summed E-state index contributed by atoms with van der Waals surface area (Å²) < 4.78 is 8.15. The van der Waals surface area contributed by atoms with Gasteiger partial charge in [0.15, 0.2) is 0 Å². The Hall–Kier alpha value is -3.42. The summed E-state index contributed by atoms with van der Waals surface area (Å²) in [4.78, 5) is 14.7. The molecule has 36 heavy (non-hydrogen) atoms. The molecule has 0 atom stereocenters. The highest BCUT2D eigenvalue weighted by molar-refractivity contribution is 5.85. The van der Waals surface area contributed by atoms with Crippen molar-refractivity contribution >= 4 is 11.3 Å². The third kappa shape index (κ3) is 4.56. The van der Waals surface area contributed by atoms with Gasteiger partial charge in [-0.15, -0.1) is 0 Å². The van der Waals surface area contributed by atoms with Crippen LogP contribution in [0.25, 0.3) is 16.8 Å². The average Bonchev–Trinajstić information content (AvgIpc) is 3.31. The molecule has 4 aromatic rings. The minimum Gasteiger partial charge on any atom is -0.457 e. The van der Waals surface area contributed by atoms with E-state index in [1.807, 2.05) is 48.7 Å². The molecule has 2 aromatic heterocycles. The molecule has 2 N–H and O–H groups in total. The van der Waals surface area contributed by atoms with Crippen molar-refractivity contribution < 1.29 is 4.74 Å². The van der Waals surface area contributed by atoms with Crippen molar-refractivity contribution in [3.8, 4) is 22.8 Å². The summed E-state index contributed by atoms with van der Waals surface area (Å²) in [6, 6.07) is 18.6. The summed E-state index contributed by atoms with van der Waals surface area (Å²) in [5.74, 6) is 3.66. The third-order valence-corrected chi connectivity index (χ3v) is 7.83. The number of nitrogens with two attached hydrogens (primary N) is 1. The van der Waals surface area contributed by atoms with Gasteiger partial charge in [0.1, 0.15) is 34.4 Å². The van der Waals surface area contributed by atoms with Crippen LogP contribution in [-0.2, 0) is 0 Å². The first-order valence-corrected chi connectivity index (χ1v) is 13.0. The Bertz CT molecular complexity index is 1300. The molecule has 7 heteroatoms. The molecular formula is C29H34N6O. The zero-order valence-corrected chi connectivity index (χ0v) is 20.9. The van der Waals surface area contributed by atoms with Gasteiger partial charge < -0.3 is 15.4 Å². The van der Waals surface area contributed by atoms with E-state index < -0.39 is 0 Å². The molecule has 1 aliphatic carbocycles. The first kappa shape index (κ1) is 23.0. The monoisotopic (exact) mass is 482 g/mol. The number of hydrogen-bond acceptors (Lipinski definition) is 6. The molecule has 6 rings (SSSR count). The molecule has 0 radical (unpaired) electrons. The van der Waals surface area contributed by atoms with Gasteiger partial charge in [0, 0.05) is 56.1 Å². The molecule has 7 nitrogen and oxygen atoms in total. The maximum atomic E-state index is 6.39. The number of ether oxygens (including phenoxy) is 1. The number of fused-ring (bicyclic) bond motifs is 1. The van der Waals surface area contributed by atoms with Crippen molar-refractivity contribution in [2.24, 2.45) is 0 Å². The summed E-state index contributed by atoms with van der Waals surface area (Å²) in [6.45, 7) is 4.73. The number of para-hydroxylation sites is 1. The number of nitrogens with zero attached hydrogens (tertiary/aromatic N) is 5. The van der Waals surface area contributed by atoms with Gasteiger partial charge in [0.2, 0.25) is 0 Å². The van der Waals surface area contributed by atoms with Crippen LogP contribution in [-0.4, -0.2) is 63.4 Å². The maximum Gasteiger partial charge on any atom is 0.150 e. The van der Waals surface area contributed by atoms with Crippen molar-refractivity contribution in [2.45, 2.75) is 37.6 Å². The summed E-state index contributed by atoms with van der Waals surface area (Å²) >= 11 is 0. The molecule has 3 heterocycles. The molecule has 0 spiro atoms. The fourth-order valence-electron chi connectivity index (χ4n) is 5.77. The Morgan fingerprint density at radius 2 is 1.56 bits per heavy atom. The number of hydrogen-bond donors (Lipinski definition) is 1. The molecule has 186 valence electrons. The van der Waals surface area contributed by atoms with E-state index in [1.165, 1.54) is 39.0 Å². The fraction of sp³-hybridized carbons (Fsp3) is 0.379. The predicted octanol–water partition coefficient (Wildman–Crippen LogP) is 5.04. The van der Waals surface area contributed by atoms with Gasteiger partial charge >= 0.3 is 0 Å². The molecule has 1 aliphatic heterocycles. The van der Waals surface area contributed by atoms with Crippen molar-refractivity contribution in [3.63, 3.8) is 0 Å². The first-order valence-electron chi connectivity index (χ1n) is 13.0. The largest absolute Gasteiger partial charge is 0.457 e. The van der Waals surface area contributed by atoms with Crippen molar-refractivity contribution in [1.29, 1.82) is 0 Å². The summed E-state index contributed by atoms with van der Waals surface area (Å²) in [7, 11) is 2.22. The molecule has 1 saturated heterocycles. The summed E-state index contributed by atoms with van der Waals surface area (Å²) in [6.07, 6.45) is 8.56. The molecule has 2 aliphatic rings. The quantitative estimate of drug-likeness (QED) is 0.429. The molecular weight excluding hydrogens is 448 g/mol. The van der Waals surface area contributed by atoms with Gasteiger partial charge in [-0.3, -0.25) is 9.30 Å². The number of likely N-dealkylation sites (N-methyl/N-ethyl adjacent to an activating group) is 1. The van der Waals surface area contributed by atoms with Crippen LogP contribution in [0.15, 0.2) is 67.0 Å². The zero-order valence-electron chi connectivity index (χ0n) is 20.9. The highest BCUT2D eigenvalue weighted by Crippen LogP contribution is 2.38. The predicted molar refractivity (Wildman–Crippen MR) is 143 cm³/mol. The maximum absolute atomic E-state index is 6.39. The smallest absolute Gasteiger partial charge is 0.150 e. The average molecular weight is 483 g/mol. The van der Waals surface area contributed by atoms with Crippen LogP contribution in [0.3, 0.4) is 0 Å². The molecule has 0 amide bonds. The van der Waals surface area contributed by atoms with Crippen LogP contribution >= 0.6 is 0 Å². The van der Waals surface area contributed by atoms with Crippen molar-refractivity contribution in [1.82, 2.24) is 24.2 Å². The van der Waals surface area contributed by atoms with E-state index in [9.17, 15) is 0 Å². The Morgan fingerprint density at radius 3 is 2.28 bits per heavy atom. The lowest BCUT2D eigenvalue weighted by Gasteiger charge is -2.41. The number of anilines is 1. The van der Waals surface area contributed by atoms with E-state index in [-0.39, 0.29) is 0 Å². The number of piperazine rings is 1. The number of imidazole rings is 1. The van der Waals surface area contributed by atoms with Crippen LogP contribution in [0.5, 0.6) is 11.5 Å². The number of rotatable bonds is 5.